The Morgan fingerprint density at radius 1 is 1.21 bits per heavy atom. The third-order valence-electron chi connectivity index (χ3n) is 3.71. The van der Waals surface area contributed by atoms with E-state index in [0.29, 0.717) is 33.7 Å². The van der Waals surface area contributed by atoms with E-state index >= 15 is 0 Å². The molecule has 0 spiro atoms. The lowest BCUT2D eigenvalue weighted by Gasteiger charge is -2.15. The molecular formula is C18H17Cl2NO3. The molecule has 1 aliphatic heterocycles. The Kier molecular flexibility index (Phi) is 5.61. The zero-order valence-electron chi connectivity index (χ0n) is 12.9. The summed E-state index contributed by atoms with van der Waals surface area (Å²) in [5.74, 6) is 0.307. The summed E-state index contributed by atoms with van der Waals surface area (Å²) in [6, 6.07) is 12.0. The summed E-state index contributed by atoms with van der Waals surface area (Å²) in [6.45, 7) is 1.25. The van der Waals surface area contributed by atoms with Gasteiger partial charge in [0.25, 0.3) is 5.91 Å². The second kappa shape index (κ2) is 7.88. The highest BCUT2D eigenvalue weighted by Gasteiger charge is 2.17. The van der Waals surface area contributed by atoms with Crippen LogP contribution >= 0.6 is 23.2 Å². The molecule has 1 amide bonds. The number of nitrogens with one attached hydrogen (secondary N) is 1. The highest BCUT2D eigenvalue weighted by atomic mass is 35.5. The fraction of sp³-hybridized carbons (Fsp3) is 0.278. The molecule has 1 heterocycles. The molecule has 0 aliphatic carbocycles. The van der Waals surface area contributed by atoms with Gasteiger partial charge in [0.1, 0.15) is 12.4 Å². The first-order chi connectivity index (χ1) is 11.6. The predicted octanol–water partition coefficient (Wildman–Crippen LogP) is 4.80. The largest absolute Gasteiger partial charge is 0.489 e. The zero-order valence-corrected chi connectivity index (χ0v) is 14.4. The van der Waals surface area contributed by atoms with Crippen LogP contribution in [-0.2, 0) is 4.74 Å². The van der Waals surface area contributed by atoms with Gasteiger partial charge in [0, 0.05) is 22.2 Å². The molecule has 3 rings (SSSR count). The van der Waals surface area contributed by atoms with Crippen molar-refractivity contribution in [1.82, 2.24) is 0 Å². The summed E-state index contributed by atoms with van der Waals surface area (Å²) in [7, 11) is 0. The van der Waals surface area contributed by atoms with E-state index in [2.05, 4.69) is 5.32 Å². The minimum atomic E-state index is -0.299. The third kappa shape index (κ3) is 4.41. The van der Waals surface area contributed by atoms with Gasteiger partial charge in [0.05, 0.1) is 11.8 Å². The standard InChI is InChI=1S/C18H17Cl2NO3/c19-13-8-12(9-14(20)10-13)18(22)21-16-5-1-2-6-17(16)24-11-15-4-3-7-23-15/h1-2,5-6,8-10,15H,3-4,7,11H2,(H,21,22). The number of halogens is 2. The first kappa shape index (κ1) is 17.1. The summed E-state index contributed by atoms with van der Waals surface area (Å²) < 4.78 is 11.4. The maximum absolute atomic E-state index is 12.4. The van der Waals surface area contributed by atoms with Gasteiger partial charge < -0.3 is 14.8 Å². The molecule has 24 heavy (non-hydrogen) atoms. The first-order valence-corrected chi connectivity index (χ1v) is 8.48. The molecule has 1 unspecified atom stereocenters. The number of carbonyl (C=O) groups excluding carboxylic acids is 1. The van der Waals surface area contributed by atoms with E-state index in [0.717, 1.165) is 19.4 Å². The molecule has 1 atom stereocenters. The molecule has 4 nitrogen and oxygen atoms in total. The Hall–Kier alpha value is -1.75. The highest BCUT2D eigenvalue weighted by Crippen LogP contribution is 2.26. The van der Waals surface area contributed by atoms with Crippen LogP contribution in [0.15, 0.2) is 42.5 Å². The van der Waals surface area contributed by atoms with Crippen molar-refractivity contribution in [3.8, 4) is 5.75 Å². The Labute approximate surface area is 150 Å². The molecule has 1 aliphatic rings. The number of amides is 1. The van der Waals surface area contributed by atoms with Crippen molar-refractivity contribution in [3.63, 3.8) is 0 Å². The van der Waals surface area contributed by atoms with E-state index in [1.807, 2.05) is 18.2 Å². The molecule has 1 fully saturated rings. The van der Waals surface area contributed by atoms with Gasteiger partial charge in [0.15, 0.2) is 0 Å². The van der Waals surface area contributed by atoms with Gasteiger partial charge in [-0.15, -0.1) is 0 Å². The van der Waals surface area contributed by atoms with Crippen molar-refractivity contribution in [2.45, 2.75) is 18.9 Å². The maximum Gasteiger partial charge on any atom is 0.255 e. The summed E-state index contributed by atoms with van der Waals surface area (Å²) in [4.78, 5) is 12.4. The highest BCUT2D eigenvalue weighted by molar-refractivity contribution is 6.35. The lowest BCUT2D eigenvalue weighted by atomic mass is 10.2. The Bertz CT molecular complexity index is 710. The fourth-order valence-electron chi connectivity index (χ4n) is 2.53. The molecule has 0 bridgehead atoms. The second-order valence-corrected chi connectivity index (χ2v) is 6.43. The number of hydrogen-bond donors (Lipinski definition) is 1. The molecule has 2 aromatic carbocycles. The van der Waals surface area contributed by atoms with Crippen LogP contribution in [0.2, 0.25) is 10.0 Å². The average Bonchev–Trinajstić information content (AvgIpc) is 3.06. The summed E-state index contributed by atoms with van der Waals surface area (Å²) in [5, 5.41) is 3.66. The van der Waals surface area contributed by atoms with Crippen LogP contribution in [-0.4, -0.2) is 25.2 Å². The Balaban J connectivity index is 1.70. The maximum atomic E-state index is 12.4. The fourth-order valence-corrected chi connectivity index (χ4v) is 3.06. The monoisotopic (exact) mass is 365 g/mol. The van der Waals surface area contributed by atoms with Crippen LogP contribution in [0.5, 0.6) is 5.75 Å². The van der Waals surface area contributed by atoms with Crippen molar-refractivity contribution in [2.75, 3.05) is 18.5 Å². The smallest absolute Gasteiger partial charge is 0.255 e. The van der Waals surface area contributed by atoms with Crippen LogP contribution in [0.25, 0.3) is 0 Å². The number of hydrogen-bond acceptors (Lipinski definition) is 3. The molecular weight excluding hydrogens is 349 g/mol. The summed E-state index contributed by atoms with van der Waals surface area (Å²) >= 11 is 11.9. The first-order valence-electron chi connectivity index (χ1n) is 7.73. The molecule has 0 saturated carbocycles. The quantitative estimate of drug-likeness (QED) is 0.827. The van der Waals surface area contributed by atoms with Gasteiger partial charge in [0.2, 0.25) is 0 Å². The van der Waals surface area contributed by atoms with Crippen LogP contribution in [0.1, 0.15) is 23.2 Å². The molecule has 0 aromatic heterocycles. The summed E-state index contributed by atoms with van der Waals surface area (Å²) in [5.41, 5.74) is 0.984. The topological polar surface area (TPSA) is 47.6 Å². The van der Waals surface area contributed by atoms with Gasteiger partial charge in [-0.3, -0.25) is 4.79 Å². The lowest BCUT2D eigenvalue weighted by Crippen LogP contribution is -2.18. The van der Waals surface area contributed by atoms with Gasteiger partial charge in [-0.2, -0.15) is 0 Å². The second-order valence-electron chi connectivity index (χ2n) is 5.55. The Morgan fingerprint density at radius 2 is 1.96 bits per heavy atom. The average molecular weight is 366 g/mol. The number of ether oxygens (including phenoxy) is 2. The van der Waals surface area contributed by atoms with Gasteiger partial charge in [-0.05, 0) is 43.2 Å². The van der Waals surface area contributed by atoms with Crippen LogP contribution in [0.4, 0.5) is 5.69 Å². The molecule has 2 aromatic rings. The van der Waals surface area contributed by atoms with E-state index in [1.165, 1.54) is 0 Å². The normalized spacial score (nSPS) is 16.8. The molecule has 126 valence electrons. The van der Waals surface area contributed by atoms with E-state index in [1.54, 1.807) is 24.3 Å². The lowest BCUT2D eigenvalue weighted by molar-refractivity contribution is 0.0682. The number of benzene rings is 2. The minimum absolute atomic E-state index is 0.112. The number of anilines is 1. The molecule has 1 saturated heterocycles. The summed E-state index contributed by atoms with van der Waals surface area (Å²) in [6.07, 6.45) is 2.16. The third-order valence-corrected chi connectivity index (χ3v) is 4.15. The van der Waals surface area contributed by atoms with Gasteiger partial charge in [-0.25, -0.2) is 0 Å². The minimum Gasteiger partial charge on any atom is -0.489 e. The van der Waals surface area contributed by atoms with Crippen LogP contribution in [0.3, 0.4) is 0 Å². The van der Waals surface area contributed by atoms with Crippen molar-refractivity contribution in [1.29, 1.82) is 0 Å². The number of para-hydroxylation sites is 2. The van der Waals surface area contributed by atoms with Crippen LogP contribution in [0, 0.1) is 0 Å². The predicted molar refractivity (Wildman–Crippen MR) is 95.3 cm³/mol. The molecule has 6 heteroatoms. The van der Waals surface area contributed by atoms with Crippen molar-refractivity contribution < 1.29 is 14.3 Å². The van der Waals surface area contributed by atoms with Crippen molar-refractivity contribution >= 4 is 34.8 Å². The zero-order chi connectivity index (χ0) is 16.9. The molecule has 0 radical (unpaired) electrons. The van der Waals surface area contributed by atoms with E-state index in [-0.39, 0.29) is 12.0 Å². The number of carbonyl (C=O) groups is 1. The van der Waals surface area contributed by atoms with E-state index < -0.39 is 0 Å². The van der Waals surface area contributed by atoms with Crippen molar-refractivity contribution in [2.24, 2.45) is 0 Å². The van der Waals surface area contributed by atoms with Crippen molar-refractivity contribution in [3.05, 3.63) is 58.1 Å². The van der Waals surface area contributed by atoms with Gasteiger partial charge in [-0.1, -0.05) is 35.3 Å². The molecule has 1 N–H and O–H groups in total. The Morgan fingerprint density at radius 3 is 2.67 bits per heavy atom. The van der Waals surface area contributed by atoms with Crippen LogP contribution < -0.4 is 10.1 Å². The SMILES string of the molecule is O=C(Nc1ccccc1OCC1CCCO1)c1cc(Cl)cc(Cl)c1. The van der Waals surface area contributed by atoms with Gasteiger partial charge >= 0.3 is 0 Å². The van der Waals surface area contributed by atoms with E-state index in [9.17, 15) is 4.79 Å². The van der Waals surface area contributed by atoms with E-state index in [4.69, 9.17) is 32.7 Å². The number of rotatable bonds is 5.